The van der Waals surface area contributed by atoms with Crippen LogP contribution in [0.1, 0.15) is 61.3 Å². The van der Waals surface area contributed by atoms with Crippen molar-refractivity contribution in [2.75, 3.05) is 6.61 Å². The highest BCUT2D eigenvalue weighted by Crippen LogP contribution is 2.67. The van der Waals surface area contributed by atoms with E-state index in [2.05, 4.69) is 6.92 Å². The molecule has 4 aliphatic rings. The summed E-state index contributed by atoms with van der Waals surface area (Å²) in [5.41, 5.74) is -1.41. The SMILES string of the molecule is CC1=C2[C@@H](C)C(=O)[C@@]3(C)[C@H]([C@H](C)[C@](O)(C[C@@H]1O)C2(C)C)[C@]1(C)CO[C@@H]1C[C@@H]3O. The third-order valence-electron chi connectivity index (χ3n) is 9.61. The largest absolute Gasteiger partial charge is 0.392 e. The van der Waals surface area contributed by atoms with Crippen molar-refractivity contribution in [2.24, 2.45) is 34.0 Å². The molecule has 9 atom stereocenters. The molecule has 0 unspecified atom stereocenters. The highest BCUT2D eigenvalue weighted by atomic mass is 16.5. The third-order valence-corrected chi connectivity index (χ3v) is 9.61. The van der Waals surface area contributed by atoms with Gasteiger partial charge in [0.15, 0.2) is 0 Å². The summed E-state index contributed by atoms with van der Waals surface area (Å²) in [4.78, 5) is 14.0. The minimum Gasteiger partial charge on any atom is -0.392 e. The molecular weight excluding hydrogens is 356 g/mol. The summed E-state index contributed by atoms with van der Waals surface area (Å²) in [7, 11) is 0. The maximum absolute atomic E-state index is 14.0. The smallest absolute Gasteiger partial charge is 0.148 e. The molecule has 2 bridgehead atoms. The number of carbonyl (C=O) groups excluding carboxylic acids is 1. The van der Waals surface area contributed by atoms with E-state index in [0.29, 0.717) is 13.0 Å². The molecule has 4 rings (SSSR count). The van der Waals surface area contributed by atoms with Crippen LogP contribution >= 0.6 is 0 Å². The Morgan fingerprint density at radius 1 is 1.11 bits per heavy atom. The van der Waals surface area contributed by atoms with Gasteiger partial charge in [-0.2, -0.15) is 0 Å². The van der Waals surface area contributed by atoms with Gasteiger partial charge in [0, 0.05) is 29.6 Å². The first kappa shape index (κ1) is 20.5. The molecule has 0 aromatic carbocycles. The van der Waals surface area contributed by atoms with E-state index in [-0.39, 0.29) is 35.6 Å². The summed E-state index contributed by atoms with van der Waals surface area (Å²) < 4.78 is 5.80. The lowest BCUT2D eigenvalue weighted by Gasteiger charge is -2.68. The minimum atomic E-state index is -1.18. The van der Waals surface area contributed by atoms with Crippen LogP contribution in [-0.2, 0) is 9.53 Å². The summed E-state index contributed by atoms with van der Waals surface area (Å²) in [6.45, 7) is 14.4. The molecule has 1 saturated heterocycles. The van der Waals surface area contributed by atoms with E-state index >= 15 is 0 Å². The number of rotatable bonds is 0. The molecule has 0 aromatic rings. The number of hydrogen-bond donors (Lipinski definition) is 3. The van der Waals surface area contributed by atoms with E-state index in [1.165, 1.54) is 0 Å². The van der Waals surface area contributed by atoms with Gasteiger partial charge in [0.2, 0.25) is 0 Å². The zero-order chi connectivity index (χ0) is 21.0. The highest BCUT2D eigenvalue weighted by molar-refractivity contribution is 5.91. The fraction of sp³-hybridized carbons (Fsp3) is 0.870. The van der Waals surface area contributed by atoms with Gasteiger partial charge in [0.25, 0.3) is 0 Å². The number of aliphatic hydroxyl groups excluding tert-OH is 2. The Hall–Kier alpha value is -0.750. The van der Waals surface area contributed by atoms with E-state index < -0.39 is 34.6 Å². The van der Waals surface area contributed by atoms with Gasteiger partial charge >= 0.3 is 0 Å². The Bertz CT molecular complexity index is 756. The lowest BCUT2D eigenvalue weighted by Crippen LogP contribution is -2.74. The molecule has 5 nitrogen and oxygen atoms in total. The van der Waals surface area contributed by atoms with Gasteiger partial charge in [-0.3, -0.25) is 4.79 Å². The van der Waals surface area contributed by atoms with Crippen molar-refractivity contribution in [1.82, 2.24) is 0 Å². The molecule has 158 valence electrons. The van der Waals surface area contributed by atoms with Crippen molar-refractivity contribution in [2.45, 2.75) is 85.2 Å². The molecule has 5 heteroatoms. The molecule has 0 aromatic heterocycles. The van der Waals surface area contributed by atoms with Gasteiger partial charge in [-0.25, -0.2) is 0 Å². The predicted molar refractivity (Wildman–Crippen MR) is 105 cm³/mol. The van der Waals surface area contributed by atoms with Crippen molar-refractivity contribution >= 4 is 5.78 Å². The van der Waals surface area contributed by atoms with Crippen LogP contribution in [0.15, 0.2) is 11.1 Å². The molecular formula is C23H36O5. The maximum atomic E-state index is 14.0. The van der Waals surface area contributed by atoms with Crippen molar-refractivity contribution < 1.29 is 24.9 Å². The second kappa shape index (κ2) is 5.69. The Labute approximate surface area is 168 Å². The quantitative estimate of drug-likeness (QED) is 0.551. The second-order valence-electron chi connectivity index (χ2n) is 11.1. The van der Waals surface area contributed by atoms with Crippen molar-refractivity contribution in [3.63, 3.8) is 0 Å². The first-order chi connectivity index (χ1) is 12.7. The monoisotopic (exact) mass is 392 g/mol. The number of aliphatic hydroxyl groups is 3. The van der Waals surface area contributed by atoms with E-state index in [4.69, 9.17) is 4.74 Å². The predicted octanol–water partition coefficient (Wildman–Crippen LogP) is 2.47. The molecule has 3 aliphatic carbocycles. The van der Waals surface area contributed by atoms with Crippen molar-refractivity contribution in [3.05, 3.63) is 11.1 Å². The summed E-state index contributed by atoms with van der Waals surface area (Å²) in [6, 6.07) is 0. The molecule has 1 aliphatic heterocycles. The zero-order valence-corrected chi connectivity index (χ0v) is 18.2. The van der Waals surface area contributed by atoms with Gasteiger partial charge < -0.3 is 20.1 Å². The van der Waals surface area contributed by atoms with Gasteiger partial charge in [0.05, 0.1) is 35.9 Å². The Morgan fingerprint density at radius 3 is 2.25 bits per heavy atom. The fourth-order valence-electron chi connectivity index (χ4n) is 7.96. The summed E-state index contributed by atoms with van der Waals surface area (Å²) >= 11 is 0. The van der Waals surface area contributed by atoms with Crippen LogP contribution in [-0.4, -0.2) is 51.6 Å². The van der Waals surface area contributed by atoms with Crippen LogP contribution in [0.4, 0.5) is 0 Å². The average Bonchev–Trinajstić information content (AvgIpc) is 2.60. The van der Waals surface area contributed by atoms with Gasteiger partial charge in [-0.15, -0.1) is 0 Å². The topological polar surface area (TPSA) is 87.0 Å². The van der Waals surface area contributed by atoms with Gasteiger partial charge in [-0.05, 0) is 36.8 Å². The summed E-state index contributed by atoms with van der Waals surface area (Å²) in [5, 5.41) is 34.1. The Kier molecular flexibility index (Phi) is 4.17. The Balaban J connectivity index is 2.01. The lowest BCUT2D eigenvalue weighted by atomic mass is 9.40. The molecule has 3 N–H and O–H groups in total. The van der Waals surface area contributed by atoms with Crippen LogP contribution in [0.5, 0.6) is 0 Å². The fourth-order valence-corrected chi connectivity index (χ4v) is 7.96. The highest BCUT2D eigenvalue weighted by Gasteiger charge is 2.72. The molecule has 0 amide bonds. The van der Waals surface area contributed by atoms with Gasteiger partial charge in [-0.1, -0.05) is 34.6 Å². The van der Waals surface area contributed by atoms with E-state index in [0.717, 1.165) is 11.1 Å². The van der Waals surface area contributed by atoms with Crippen LogP contribution in [0, 0.1) is 34.0 Å². The molecule has 0 radical (unpaired) electrons. The van der Waals surface area contributed by atoms with Crippen LogP contribution in [0.25, 0.3) is 0 Å². The molecule has 3 fully saturated rings. The minimum absolute atomic E-state index is 0.0296. The van der Waals surface area contributed by atoms with Crippen molar-refractivity contribution in [3.8, 4) is 0 Å². The number of hydrogen-bond acceptors (Lipinski definition) is 5. The van der Waals surface area contributed by atoms with Crippen LogP contribution in [0.3, 0.4) is 0 Å². The zero-order valence-electron chi connectivity index (χ0n) is 18.2. The normalized spacial score (nSPS) is 55.6. The standard InChI is InChI=1S/C23H36O5/c1-11-14(24)9-23(27)13(3)18-21(6)10-28-16(21)8-15(25)22(18,7)19(26)12(2)17(11)20(23,4)5/h12-16,18,24-25,27H,8-10H2,1-7H3/t12-,13+,14+,15+,16-,18-,21-,22-,23-/m1/s1. The van der Waals surface area contributed by atoms with E-state index in [1.54, 1.807) is 0 Å². The third kappa shape index (κ3) is 2.04. The van der Waals surface area contributed by atoms with E-state index in [9.17, 15) is 20.1 Å². The first-order valence-electron chi connectivity index (χ1n) is 10.7. The average molecular weight is 393 g/mol. The molecule has 0 spiro atoms. The molecule has 2 saturated carbocycles. The van der Waals surface area contributed by atoms with Crippen molar-refractivity contribution in [1.29, 1.82) is 0 Å². The number of ketones is 1. The van der Waals surface area contributed by atoms with Crippen LogP contribution < -0.4 is 0 Å². The van der Waals surface area contributed by atoms with Gasteiger partial charge in [0.1, 0.15) is 5.78 Å². The van der Waals surface area contributed by atoms with Crippen LogP contribution in [0.2, 0.25) is 0 Å². The lowest BCUT2D eigenvalue weighted by molar-refractivity contribution is -0.301. The summed E-state index contributed by atoms with van der Waals surface area (Å²) in [6.07, 6.45) is -0.948. The molecule has 28 heavy (non-hydrogen) atoms. The number of ether oxygens (including phenoxy) is 1. The summed E-state index contributed by atoms with van der Waals surface area (Å²) in [5.74, 6) is -0.948. The second-order valence-corrected chi connectivity index (χ2v) is 11.1. The maximum Gasteiger partial charge on any atom is 0.148 e. The number of Topliss-reactive ketones (excluding diaryl/α,β-unsaturated/α-hetero) is 1. The number of carbonyl (C=O) groups is 1. The first-order valence-corrected chi connectivity index (χ1v) is 10.7. The molecule has 1 heterocycles. The Morgan fingerprint density at radius 2 is 1.71 bits per heavy atom. The van der Waals surface area contributed by atoms with E-state index in [1.807, 2.05) is 41.5 Å². The number of fused-ring (bicyclic) bond motifs is 5.